The molecule has 0 bridgehead atoms. The van der Waals surface area contributed by atoms with Crippen LogP contribution in [-0.4, -0.2) is 36.0 Å². The molecule has 5 heteroatoms. The zero-order valence-corrected chi connectivity index (χ0v) is 13.6. The van der Waals surface area contributed by atoms with Crippen molar-refractivity contribution in [3.8, 4) is 5.75 Å². The van der Waals surface area contributed by atoms with Crippen molar-refractivity contribution in [2.24, 2.45) is 5.73 Å². The largest absolute Gasteiger partial charge is 0.481 e. The number of carbonyl (C=O) groups is 1. The molecule has 0 spiro atoms. The van der Waals surface area contributed by atoms with Crippen LogP contribution in [0.3, 0.4) is 0 Å². The van der Waals surface area contributed by atoms with Crippen molar-refractivity contribution in [3.05, 3.63) is 29.8 Å². The molecule has 0 saturated carbocycles. The maximum atomic E-state index is 12.5. The maximum Gasteiger partial charge on any atom is 0.263 e. The first-order chi connectivity index (χ1) is 9.61. The number of nitrogens with zero attached hydrogens (tertiary/aromatic N) is 1. The molecule has 2 atom stereocenters. The van der Waals surface area contributed by atoms with Crippen LogP contribution in [0.25, 0.3) is 0 Å². The van der Waals surface area contributed by atoms with Crippen LogP contribution < -0.4 is 10.5 Å². The third-order valence-corrected chi connectivity index (χ3v) is 3.86. The minimum atomic E-state index is -0.468. The van der Waals surface area contributed by atoms with Crippen LogP contribution in [0.4, 0.5) is 0 Å². The summed E-state index contributed by atoms with van der Waals surface area (Å²) in [4.78, 5) is 14.4. The molecule has 1 fully saturated rings. The van der Waals surface area contributed by atoms with Gasteiger partial charge in [0.2, 0.25) is 0 Å². The van der Waals surface area contributed by atoms with E-state index < -0.39 is 6.10 Å². The Morgan fingerprint density at radius 3 is 2.67 bits per heavy atom. The summed E-state index contributed by atoms with van der Waals surface area (Å²) in [5, 5.41) is 0. The number of likely N-dealkylation sites (tertiary alicyclic amines) is 1. The number of nitrogens with two attached hydrogens (primary N) is 1. The molecule has 4 nitrogen and oxygen atoms in total. The summed E-state index contributed by atoms with van der Waals surface area (Å²) in [5.41, 5.74) is 6.94. The van der Waals surface area contributed by atoms with Gasteiger partial charge in [-0.15, -0.1) is 12.4 Å². The molecule has 1 heterocycles. The fourth-order valence-electron chi connectivity index (χ4n) is 2.64. The van der Waals surface area contributed by atoms with Gasteiger partial charge in [-0.05, 0) is 45.2 Å². The van der Waals surface area contributed by atoms with Gasteiger partial charge in [0.15, 0.2) is 6.10 Å². The van der Waals surface area contributed by atoms with Gasteiger partial charge in [0.25, 0.3) is 5.91 Å². The molecule has 1 aromatic carbocycles. The average molecular weight is 313 g/mol. The van der Waals surface area contributed by atoms with Crippen molar-refractivity contribution in [1.82, 2.24) is 4.90 Å². The van der Waals surface area contributed by atoms with Crippen LogP contribution >= 0.6 is 12.4 Å². The lowest BCUT2D eigenvalue weighted by atomic mass is 10.0. The number of rotatable bonds is 4. The zero-order chi connectivity index (χ0) is 14.5. The van der Waals surface area contributed by atoms with E-state index >= 15 is 0 Å². The summed E-state index contributed by atoms with van der Waals surface area (Å²) < 4.78 is 5.75. The molecule has 2 unspecified atom stereocenters. The van der Waals surface area contributed by atoms with Gasteiger partial charge in [-0.25, -0.2) is 0 Å². The van der Waals surface area contributed by atoms with Crippen molar-refractivity contribution >= 4 is 18.3 Å². The fraction of sp³-hybridized carbons (Fsp3) is 0.562. The van der Waals surface area contributed by atoms with Crippen LogP contribution in [0.2, 0.25) is 0 Å². The fourth-order valence-corrected chi connectivity index (χ4v) is 2.64. The summed E-state index contributed by atoms with van der Waals surface area (Å²) in [6, 6.07) is 7.93. The van der Waals surface area contributed by atoms with Crippen LogP contribution in [0, 0.1) is 6.92 Å². The Morgan fingerprint density at radius 1 is 1.38 bits per heavy atom. The second kappa shape index (κ2) is 8.25. The summed E-state index contributed by atoms with van der Waals surface area (Å²) in [5.74, 6) is 0.776. The Bertz CT molecular complexity index is 450. The number of ether oxygens (including phenoxy) is 1. The van der Waals surface area contributed by atoms with E-state index in [-0.39, 0.29) is 24.4 Å². The molecule has 21 heavy (non-hydrogen) atoms. The number of aryl methyl sites for hydroxylation is 1. The minimum Gasteiger partial charge on any atom is -0.481 e. The standard InChI is InChI=1S/C16H24N2O2.ClH/c1-12-6-8-15(9-7-12)20-13(2)16(19)18-10-4-3-5-14(18)11-17;/h6-9,13-14H,3-5,10-11,17H2,1-2H3;1H. The first-order valence-electron chi connectivity index (χ1n) is 7.35. The molecule has 1 saturated heterocycles. The van der Waals surface area contributed by atoms with Crippen molar-refractivity contribution in [2.45, 2.75) is 45.3 Å². The van der Waals surface area contributed by atoms with Crippen LogP contribution in [-0.2, 0) is 4.79 Å². The summed E-state index contributed by atoms with van der Waals surface area (Å²) in [6.45, 7) is 5.16. The highest BCUT2D eigenvalue weighted by Crippen LogP contribution is 2.19. The SMILES string of the molecule is Cc1ccc(OC(C)C(=O)N2CCCCC2CN)cc1.Cl. The molecule has 1 aromatic rings. The Morgan fingerprint density at radius 2 is 2.05 bits per heavy atom. The van der Waals surface area contributed by atoms with Gasteiger partial charge in [-0.1, -0.05) is 17.7 Å². The van der Waals surface area contributed by atoms with Gasteiger partial charge in [0.1, 0.15) is 5.75 Å². The van der Waals surface area contributed by atoms with Crippen molar-refractivity contribution in [3.63, 3.8) is 0 Å². The smallest absolute Gasteiger partial charge is 0.263 e. The maximum absolute atomic E-state index is 12.5. The number of carbonyl (C=O) groups excluding carboxylic acids is 1. The van der Waals surface area contributed by atoms with Gasteiger partial charge < -0.3 is 15.4 Å². The number of benzene rings is 1. The molecule has 2 rings (SSSR count). The lowest BCUT2D eigenvalue weighted by Crippen LogP contribution is -2.51. The Hall–Kier alpha value is -1.26. The lowest BCUT2D eigenvalue weighted by molar-refractivity contribution is -0.141. The lowest BCUT2D eigenvalue weighted by Gasteiger charge is -2.36. The molecular formula is C16H25ClN2O2. The summed E-state index contributed by atoms with van der Waals surface area (Å²) >= 11 is 0. The topological polar surface area (TPSA) is 55.6 Å². The number of hydrogen-bond acceptors (Lipinski definition) is 3. The van der Waals surface area contributed by atoms with E-state index in [0.29, 0.717) is 6.54 Å². The van der Waals surface area contributed by atoms with Gasteiger partial charge >= 0.3 is 0 Å². The van der Waals surface area contributed by atoms with Crippen molar-refractivity contribution < 1.29 is 9.53 Å². The minimum absolute atomic E-state index is 0. The van der Waals surface area contributed by atoms with E-state index in [4.69, 9.17) is 10.5 Å². The van der Waals surface area contributed by atoms with Gasteiger partial charge in [0.05, 0.1) is 0 Å². The monoisotopic (exact) mass is 312 g/mol. The highest BCUT2D eigenvalue weighted by molar-refractivity contribution is 5.85. The first-order valence-corrected chi connectivity index (χ1v) is 7.35. The summed E-state index contributed by atoms with van der Waals surface area (Å²) in [7, 11) is 0. The van der Waals surface area contributed by atoms with E-state index in [1.165, 1.54) is 5.56 Å². The number of piperidine rings is 1. The molecule has 1 aliphatic rings. The average Bonchev–Trinajstić information content (AvgIpc) is 2.48. The molecular weight excluding hydrogens is 288 g/mol. The normalized spacial score (nSPS) is 19.6. The Labute approximate surface area is 133 Å². The Kier molecular flexibility index (Phi) is 6.99. The van der Waals surface area contributed by atoms with Crippen LogP contribution in [0.15, 0.2) is 24.3 Å². The predicted molar refractivity (Wildman–Crippen MR) is 86.9 cm³/mol. The molecule has 0 aromatic heterocycles. The quantitative estimate of drug-likeness (QED) is 0.929. The third-order valence-electron chi connectivity index (χ3n) is 3.86. The van der Waals surface area contributed by atoms with Gasteiger partial charge in [0, 0.05) is 19.1 Å². The number of halogens is 1. The molecule has 2 N–H and O–H groups in total. The van der Waals surface area contributed by atoms with E-state index in [1.807, 2.05) is 43.0 Å². The Balaban J connectivity index is 0.00000220. The predicted octanol–water partition coefficient (Wildman–Crippen LogP) is 2.52. The van der Waals surface area contributed by atoms with Gasteiger partial charge in [-0.3, -0.25) is 4.79 Å². The van der Waals surface area contributed by atoms with E-state index in [2.05, 4.69) is 0 Å². The number of hydrogen-bond donors (Lipinski definition) is 1. The number of amides is 1. The van der Waals surface area contributed by atoms with E-state index in [1.54, 1.807) is 0 Å². The highest BCUT2D eigenvalue weighted by Gasteiger charge is 2.29. The zero-order valence-electron chi connectivity index (χ0n) is 12.7. The first kappa shape index (κ1) is 17.8. The second-order valence-electron chi connectivity index (χ2n) is 5.49. The van der Waals surface area contributed by atoms with Crippen molar-refractivity contribution in [1.29, 1.82) is 0 Å². The van der Waals surface area contributed by atoms with E-state index in [0.717, 1.165) is 31.6 Å². The van der Waals surface area contributed by atoms with Gasteiger partial charge in [-0.2, -0.15) is 0 Å². The molecule has 1 aliphatic heterocycles. The van der Waals surface area contributed by atoms with Crippen molar-refractivity contribution in [2.75, 3.05) is 13.1 Å². The molecule has 118 valence electrons. The van der Waals surface area contributed by atoms with Crippen LogP contribution in [0.5, 0.6) is 5.75 Å². The van der Waals surface area contributed by atoms with E-state index in [9.17, 15) is 4.79 Å². The second-order valence-corrected chi connectivity index (χ2v) is 5.49. The third kappa shape index (κ3) is 4.61. The van der Waals surface area contributed by atoms with Crippen LogP contribution in [0.1, 0.15) is 31.7 Å². The highest BCUT2D eigenvalue weighted by atomic mass is 35.5. The summed E-state index contributed by atoms with van der Waals surface area (Å²) in [6.07, 6.45) is 2.74. The molecule has 0 radical (unpaired) electrons. The molecule has 1 amide bonds. The molecule has 0 aliphatic carbocycles.